The average Bonchev–Trinajstić information content (AvgIpc) is 2.77. The second-order valence-electron chi connectivity index (χ2n) is 4.11. The molecule has 0 unspecified atom stereocenters. The molecular weight excluding hydrogens is 248 g/mol. The van der Waals surface area contributed by atoms with Gasteiger partial charge in [0, 0.05) is 0 Å². The van der Waals surface area contributed by atoms with E-state index in [1.54, 1.807) is 31.2 Å². The van der Waals surface area contributed by atoms with Gasteiger partial charge in [-0.1, -0.05) is 17.3 Å². The summed E-state index contributed by atoms with van der Waals surface area (Å²) >= 11 is 0. The molecule has 0 aliphatic heterocycles. The Morgan fingerprint density at radius 3 is 2.74 bits per heavy atom. The number of carbonyl (C=O) groups excluding carboxylic acids is 1. The highest BCUT2D eigenvalue weighted by Gasteiger charge is 2.16. The van der Waals surface area contributed by atoms with Gasteiger partial charge in [-0.15, -0.1) is 0 Å². The van der Waals surface area contributed by atoms with E-state index in [-0.39, 0.29) is 11.8 Å². The number of nitrogens with two attached hydrogens (primary N) is 1. The number of phenols is 1. The van der Waals surface area contributed by atoms with Crippen molar-refractivity contribution in [1.82, 2.24) is 10.1 Å². The number of benzene rings is 1. The molecule has 0 fully saturated rings. The van der Waals surface area contributed by atoms with E-state index in [9.17, 15) is 4.79 Å². The van der Waals surface area contributed by atoms with Gasteiger partial charge in [0.25, 0.3) is 0 Å². The maximum Gasteiger partial charge on any atom is 0.328 e. The quantitative estimate of drug-likeness (QED) is 0.743. The van der Waals surface area contributed by atoms with Gasteiger partial charge in [0.15, 0.2) is 5.82 Å². The fourth-order valence-corrected chi connectivity index (χ4v) is 1.52. The standard InChI is InChI=1S/C12H14N4O3/c1-7-14-12(19-16-7)15-11(18)10(13)6-8-2-4-9(17)5-3-8/h2-5,10,17H,6,13H2,1H3,(H,14,15,16,18)/t10-/m1/s1. The SMILES string of the molecule is Cc1noc(NC(=O)[C@H](N)Cc2ccc(O)cc2)n1. The zero-order chi connectivity index (χ0) is 13.8. The number of hydrogen-bond acceptors (Lipinski definition) is 6. The van der Waals surface area contributed by atoms with Crippen LogP contribution < -0.4 is 11.1 Å². The van der Waals surface area contributed by atoms with Crippen LogP contribution in [0.25, 0.3) is 0 Å². The first-order valence-electron chi connectivity index (χ1n) is 5.69. The number of anilines is 1. The summed E-state index contributed by atoms with van der Waals surface area (Å²) in [5.41, 5.74) is 6.63. The summed E-state index contributed by atoms with van der Waals surface area (Å²) in [4.78, 5) is 15.6. The number of hydrogen-bond donors (Lipinski definition) is 3. The second-order valence-corrected chi connectivity index (χ2v) is 4.11. The van der Waals surface area contributed by atoms with Crippen LogP contribution in [0.5, 0.6) is 5.75 Å². The van der Waals surface area contributed by atoms with Crippen LogP contribution >= 0.6 is 0 Å². The van der Waals surface area contributed by atoms with E-state index in [0.29, 0.717) is 12.2 Å². The van der Waals surface area contributed by atoms with Gasteiger partial charge in [0.05, 0.1) is 6.04 Å². The minimum Gasteiger partial charge on any atom is -0.508 e. The lowest BCUT2D eigenvalue weighted by Crippen LogP contribution is -2.37. The third kappa shape index (κ3) is 3.52. The van der Waals surface area contributed by atoms with Gasteiger partial charge in [-0.05, 0) is 31.0 Å². The Labute approximate surface area is 109 Å². The van der Waals surface area contributed by atoms with Gasteiger partial charge in [-0.3, -0.25) is 10.1 Å². The van der Waals surface area contributed by atoms with Crippen molar-refractivity contribution in [3.05, 3.63) is 35.7 Å². The van der Waals surface area contributed by atoms with Crippen LogP contribution in [-0.4, -0.2) is 27.2 Å². The number of nitrogens with one attached hydrogen (secondary N) is 1. The van der Waals surface area contributed by atoms with E-state index in [4.69, 9.17) is 15.4 Å². The molecule has 100 valence electrons. The number of phenolic OH excluding ortho intramolecular Hbond substituents is 1. The van der Waals surface area contributed by atoms with Gasteiger partial charge < -0.3 is 15.4 Å². The minimum atomic E-state index is -0.739. The van der Waals surface area contributed by atoms with Crippen LogP contribution in [0.15, 0.2) is 28.8 Å². The van der Waals surface area contributed by atoms with Gasteiger partial charge in [-0.2, -0.15) is 4.98 Å². The summed E-state index contributed by atoms with van der Waals surface area (Å²) in [5.74, 6) is 0.197. The highest BCUT2D eigenvalue weighted by Crippen LogP contribution is 2.11. The minimum absolute atomic E-state index is 0.0312. The molecule has 19 heavy (non-hydrogen) atoms. The summed E-state index contributed by atoms with van der Waals surface area (Å²) in [6.07, 6.45) is 0.346. The molecule has 0 saturated heterocycles. The first-order chi connectivity index (χ1) is 9.04. The van der Waals surface area contributed by atoms with Gasteiger partial charge in [0.2, 0.25) is 5.91 Å². The van der Waals surface area contributed by atoms with Crippen molar-refractivity contribution in [2.75, 3.05) is 5.32 Å². The van der Waals surface area contributed by atoms with Crippen molar-refractivity contribution in [3.8, 4) is 5.75 Å². The summed E-state index contributed by atoms with van der Waals surface area (Å²) in [6.45, 7) is 1.65. The van der Waals surface area contributed by atoms with E-state index in [2.05, 4.69) is 15.5 Å². The summed E-state index contributed by atoms with van der Waals surface area (Å²) < 4.78 is 4.77. The summed E-state index contributed by atoms with van der Waals surface area (Å²) in [5, 5.41) is 15.2. The van der Waals surface area contributed by atoms with Crippen molar-refractivity contribution in [3.63, 3.8) is 0 Å². The summed E-state index contributed by atoms with van der Waals surface area (Å²) in [6, 6.07) is 5.79. The normalized spacial score (nSPS) is 12.1. The molecule has 0 bridgehead atoms. The highest BCUT2D eigenvalue weighted by atomic mass is 16.5. The molecule has 0 aliphatic rings. The van der Waals surface area contributed by atoms with Crippen molar-refractivity contribution in [2.24, 2.45) is 5.73 Å². The molecule has 1 aromatic heterocycles. The monoisotopic (exact) mass is 262 g/mol. The molecule has 0 aliphatic carbocycles. The lowest BCUT2D eigenvalue weighted by molar-refractivity contribution is -0.117. The molecule has 7 nitrogen and oxygen atoms in total. The number of aryl methyl sites for hydroxylation is 1. The Balaban J connectivity index is 1.94. The second kappa shape index (κ2) is 5.49. The summed E-state index contributed by atoms with van der Waals surface area (Å²) in [7, 11) is 0. The fraction of sp³-hybridized carbons (Fsp3) is 0.250. The molecule has 1 aromatic carbocycles. The molecule has 7 heteroatoms. The van der Waals surface area contributed by atoms with Crippen molar-refractivity contribution < 1.29 is 14.4 Å². The van der Waals surface area contributed by atoms with Crippen LogP contribution in [0, 0.1) is 6.92 Å². The third-order valence-corrected chi connectivity index (χ3v) is 2.49. The lowest BCUT2D eigenvalue weighted by Gasteiger charge is -2.10. The number of aromatic nitrogens is 2. The number of amides is 1. The Kier molecular flexibility index (Phi) is 3.76. The molecule has 1 heterocycles. The van der Waals surface area contributed by atoms with Crippen molar-refractivity contribution in [2.45, 2.75) is 19.4 Å². The molecular formula is C12H14N4O3. The Morgan fingerprint density at radius 1 is 1.47 bits per heavy atom. The molecule has 2 aromatic rings. The van der Waals surface area contributed by atoms with E-state index >= 15 is 0 Å². The number of rotatable bonds is 4. The fourth-order valence-electron chi connectivity index (χ4n) is 1.52. The highest BCUT2D eigenvalue weighted by molar-refractivity contribution is 5.93. The van der Waals surface area contributed by atoms with E-state index in [0.717, 1.165) is 5.56 Å². The molecule has 0 spiro atoms. The first-order valence-corrected chi connectivity index (χ1v) is 5.69. The largest absolute Gasteiger partial charge is 0.508 e. The Bertz CT molecular complexity index is 565. The smallest absolute Gasteiger partial charge is 0.328 e. The van der Waals surface area contributed by atoms with E-state index in [1.165, 1.54) is 0 Å². The van der Waals surface area contributed by atoms with Crippen LogP contribution in [0.1, 0.15) is 11.4 Å². The maximum atomic E-state index is 11.8. The Morgan fingerprint density at radius 2 is 2.16 bits per heavy atom. The average molecular weight is 262 g/mol. The zero-order valence-corrected chi connectivity index (χ0v) is 10.3. The van der Waals surface area contributed by atoms with E-state index < -0.39 is 11.9 Å². The lowest BCUT2D eigenvalue weighted by atomic mass is 10.1. The van der Waals surface area contributed by atoms with Crippen LogP contribution in [-0.2, 0) is 11.2 Å². The predicted molar refractivity (Wildman–Crippen MR) is 67.5 cm³/mol. The van der Waals surface area contributed by atoms with Gasteiger partial charge >= 0.3 is 6.01 Å². The van der Waals surface area contributed by atoms with Crippen LogP contribution in [0.3, 0.4) is 0 Å². The third-order valence-electron chi connectivity index (χ3n) is 2.49. The van der Waals surface area contributed by atoms with Gasteiger partial charge in [0.1, 0.15) is 5.75 Å². The molecule has 2 rings (SSSR count). The Hall–Kier alpha value is -2.41. The molecule has 4 N–H and O–H groups in total. The first kappa shape index (κ1) is 13.0. The molecule has 1 atom stereocenters. The number of aromatic hydroxyl groups is 1. The van der Waals surface area contributed by atoms with Crippen molar-refractivity contribution >= 4 is 11.9 Å². The molecule has 1 amide bonds. The zero-order valence-electron chi connectivity index (χ0n) is 10.3. The topological polar surface area (TPSA) is 114 Å². The molecule has 0 radical (unpaired) electrons. The number of carbonyl (C=O) groups is 1. The predicted octanol–water partition coefficient (Wildman–Crippen LogP) is 0.592. The van der Waals surface area contributed by atoms with Gasteiger partial charge in [-0.25, -0.2) is 0 Å². The molecule has 0 saturated carbocycles. The van der Waals surface area contributed by atoms with Crippen LogP contribution in [0.2, 0.25) is 0 Å². The maximum absolute atomic E-state index is 11.8. The van der Waals surface area contributed by atoms with E-state index in [1.807, 2.05) is 0 Å². The van der Waals surface area contributed by atoms with Crippen molar-refractivity contribution in [1.29, 1.82) is 0 Å². The number of nitrogens with zero attached hydrogens (tertiary/aromatic N) is 2. The van der Waals surface area contributed by atoms with Crippen LogP contribution in [0.4, 0.5) is 6.01 Å².